The molecule has 0 aliphatic heterocycles. The molecule has 20 heavy (non-hydrogen) atoms. The van der Waals surface area contributed by atoms with Crippen molar-refractivity contribution in [1.82, 2.24) is 15.6 Å². The first-order chi connectivity index (χ1) is 9.33. The second-order valence-electron chi connectivity index (χ2n) is 5.54. The van der Waals surface area contributed by atoms with Crippen LogP contribution in [0.1, 0.15) is 33.3 Å². The van der Waals surface area contributed by atoms with Crippen LogP contribution in [0.15, 0.2) is 12.3 Å². The summed E-state index contributed by atoms with van der Waals surface area (Å²) < 4.78 is 14.2. The van der Waals surface area contributed by atoms with Crippen molar-refractivity contribution in [3.63, 3.8) is 0 Å². The molecule has 0 bridgehead atoms. The van der Waals surface area contributed by atoms with Crippen LogP contribution in [0, 0.1) is 5.82 Å². The predicted molar refractivity (Wildman–Crippen MR) is 78.0 cm³/mol. The highest BCUT2D eigenvalue weighted by Crippen LogP contribution is 2.15. The van der Waals surface area contributed by atoms with E-state index in [9.17, 15) is 9.18 Å². The summed E-state index contributed by atoms with van der Waals surface area (Å²) in [4.78, 5) is 15.3. The molecule has 0 unspecified atom stereocenters. The summed E-state index contributed by atoms with van der Waals surface area (Å²) in [6.07, 6.45) is 1.53. The molecule has 0 fully saturated rings. The van der Waals surface area contributed by atoms with Gasteiger partial charge in [-0.15, -0.1) is 0 Å². The highest BCUT2D eigenvalue weighted by Gasteiger charge is 2.13. The molecule has 0 atom stereocenters. The molecule has 1 aromatic heterocycles. The first-order valence-electron chi connectivity index (χ1n) is 6.72. The van der Waals surface area contributed by atoms with Gasteiger partial charge in [-0.05, 0) is 33.8 Å². The summed E-state index contributed by atoms with van der Waals surface area (Å²) in [6, 6.07) is 1.63. The van der Waals surface area contributed by atoms with Gasteiger partial charge in [0.05, 0.1) is 6.54 Å². The number of anilines is 1. The van der Waals surface area contributed by atoms with Gasteiger partial charge in [0.25, 0.3) is 0 Å². The van der Waals surface area contributed by atoms with Crippen molar-refractivity contribution in [1.29, 1.82) is 0 Å². The number of hydrogen-bond donors (Lipinski definition) is 3. The van der Waals surface area contributed by atoms with Gasteiger partial charge in [0, 0.05) is 30.4 Å². The molecule has 112 valence electrons. The number of nitrogens with zero attached hydrogens (tertiary/aromatic N) is 1. The molecule has 3 N–H and O–H groups in total. The molecule has 1 rings (SSSR count). The third kappa shape index (κ3) is 5.52. The number of likely N-dealkylation sites (N-methyl/N-ethyl adjacent to an activating group) is 1. The Hall–Kier alpha value is -1.69. The number of pyridine rings is 1. The van der Waals surface area contributed by atoms with Gasteiger partial charge < -0.3 is 16.0 Å². The molecule has 0 aliphatic rings. The molecule has 6 heteroatoms. The molecule has 1 aromatic rings. The van der Waals surface area contributed by atoms with E-state index in [-0.39, 0.29) is 23.8 Å². The van der Waals surface area contributed by atoms with E-state index in [0.29, 0.717) is 18.7 Å². The van der Waals surface area contributed by atoms with Crippen LogP contribution in [0.25, 0.3) is 0 Å². The fourth-order valence-corrected chi connectivity index (χ4v) is 1.53. The molecule has 0 spiro atoms. The lowest BCUT2D eigenvalue weighted by Crippen LogP contribution is -2.35. The highest BCUT2D eigenvalue weighted by atomic mass is 19.1. The normalized spacial score (nSPS) is 11.2. The van der Waals surface area contributed by atoms with Crippen LogP contribution < -0.4 is 16.0 Å². The fourth-order valence-electron chi connectivity index (χ4n) is 1.53. The zero-order chi connectivity index (χ0) is 15.2. The Bertz CT molecular complexity index is 457. The average molecular weight is 282 g/mol. The quantitative estimate of drug-likeness (QED) is 0.742. The van der Waals surface area contributed by atoms with Crippen molar-refractivity contribution in [3.05, 3.63) is 23.6 Å². The number of nitrogens with one attached hydrogen (secondary N) is 3. The van der Waals surface area contributed by atoms with Crippen LogP contribution in [-0.4, -0.2) is 29.5 Å². The van der Waals surface area contributed by atoms with Crippen LogP contribution in [0.3, 0.4) is 0 Å². The van der Waals surface area contributed by atoms with E-state index in [0.717, 1.165) is 0 Å². The molecule has 0 saturated heterocycles. The average Bonchev–Trinajstić information content (AvgIpc) is 2.35. The molecule has 1 amide bonds. The van der Waals surface area contributed by atoms with E-state index in [2.05, 4.69) is 20.9 Å². The summed E-state index contributed by atoms with van der Waals surface area (Å²) in [5, 5.41) is 8.56. The van der Waals surface area contributed by atoms with Gasteiger partial charge in [0.1, 0.15) is 0 Å². The standard InChI is InChI=1S/C14H23FN4O/c1-5-16-11(20)9-18-13-12(15)10(6-7-17-13)8-19-14(2,3)4/h6-7,19H,5,8-9H2,1-4H3,(H,16,20)(H,17,18). The fraction of sp³-hybridized carbons (Fsp3) is 0.571. The van der Waals surface area contributed by atoms with E-state index >= 15 is 0 Å². The summed E-state index contributed by atoms with van der Waals surface area (Å²) in [5.41, 5.74) is 0.429. The minimum absolute atomic E-state index is 0.00785. The topological polar surface area (TPSA) is 66.0 Å². The van der Waals surface area contributed by atoms with Crippen LogP contribution in [0.2, 0.25) is 0 Å². The summed E-state index contributed by atoms with van der Waals surface area (Å²) in [6.45, 7) is 8.84. The largest absolute Gasteiger partial charge is 0.359 e. The van der Waals surface area contributed by atoms with Crippen LogP contribution in [0.4, 0.5) is 10.2 Å². The molecule has 0 saturated carbocycles. The Labute approximate surface area is 119 Å². The van der Waals surface area contributed by atoms with Crippen molar-refractivity contribution >= 4 is 11.7 Å². The van der Waals surface area contributed by atoms with Crippen molar-refractivity contribution < 1.29 is 9.18 Å². The molecule has 1 heterocycles. The molecule has 0 aromatic carbocycles. The van der Waals surface area contributed by atoms with Gasteiger partial charge in [0.2, 0.25) is 5.91 Å². The maximum atomic E-state index is 14.2. The number of amides is 1. The van der Waals surface area contributed by atoms with Crippen molar-refractivity contribution in [2.24, 2.45) is 0 Å². The minimum atomic E-state index is -0.423. The number of rotatable bonds is 6. The van der Waals surface area contributed by atoms with Crippen molar-refractivity contribution in [2.45, 2.75) is 39.8 Å². The summed E-state index contributed by atoms with van der Waals surface area (Å²) in [5.74, 6) is -0.509. The number of hydrogen-bond acceptors (Lipinski definition) is 4. The van der Waals surface area contributed by atoms with E-state index in [1.165, 1.54) is 6.20 Å². The van der Waals surface area contributed by atoms with Gasteiger partial charge in [-0.25, -0.2) is 9.37 Å². The van der Waals surface area contributed by atoms with Gasteiger partial charge >= 0.3 is 0 Å². The Morgan fingerprint density at radius 1 is 1.40 bits per heavy atom. The van der Waals surface area contributed by atoms with E-state index < -0.39 is 5.82 Å². The maximum Gasteiger partial charge on any atom is 0.239 e. The number of halogens is 1. The van der Waals surface area contributed by atoms with Crippen LogP contribution in [-0.2, 0) is 11.3 Å². The van der Waals surface area contributed by atoms with Gasteiger partial charge in [0.15, 0.2) is 11.6 Å². The third-order valence-corrected chi connectivity index (χ3v) is 2.57. The number of carbonyl (C=O) groups is 1. The molecule has 5 nitrogen and oxygen atoms in total. The lowest BCUT2D eigenvalue weighted by molar-refractivity contribution is -0.119. The molecular formula is C14H23FN4O. The lowest BCUT2D eigenvalue weighted by Gasteiger charge is -2.21. The second kappa shape index (κ2) is 7.19. The lowest BCUT2D eigenvalue weighted by atomic mass is 10.1. The number of carbonyl (C=O) groups excluding carboxylic acids is 1. The van der Waals surface area contributed by atoms with Crippen LogP contribution in [0.5, 0.6) is 0 Å². The Morgan fingerprint density at radius 3 is 2.70 bits per heavy atom. The van der Waals surface area contributed by atoms with Crippen LogP contribution >= 0.6 is 0 Å². The van der Waals surface area contributed by atoms with Gasteiger partial charge in [-0.1, -0.05) is 0 Å². The predicted octanol–water partition coefficient (Wildman–Crippen LogP) is 1.66. The van der Waals surface area contributed by atoms with E-state index in [1.807, 2.05) is 27.7 Å². The molecular weight excluding hydrogens is 259 g/mol. The molecule has 0 radical (unpaired) electrons. The third-order valence-electron chi connectivity index (χ3n) is 2.57. The zero-order valence-corrected chi connectivity index (χ0v) is 12.5. The highest BCUT2D eigenvalue weighted by molar-refractivity contribution is 5.80. The Kier molecular flexibility index (Phi) is 5.88. The van der Waals surface area contributed by atoms with Crippen molar-refractivity contribution in [2.75, 3.05) is 18.4 Å². The van der Waals surface area contributed by atoms with Gasteiger partial charge in [-0.3, -0.25) is 4.79 Å². The zero-order valence-electron chi connectivity index (χ0n) is 12.5. The minimum Gasteiger partial charge on any atom is -0.359 e. The SMILES string of the molecule is CCNC(=O)CNc1nccc(CNC(C)(C)C)c1F. The smallest absolute Gasteiger partial charge is 0.239 e. The molecule has 0 aliphatic carbocycles. The first kappa shape index (κ1) is 16.4. The van der Waals surface area contributed by atoms with Crippen molar-refractivity contribution in [3.8, 4) is 0 Å². The second-order valence-corrected chi connectivity index (χ2v) is 5.54. The monoisotopic (exact) mass is 282 g/mol. The van der Waals surface area contributed by atoms with E-state index in [4.69, 9.17) is 0 Å². The summed E-state index contributed by atoms with van der Waals surface area (Å²) in [7, 11) is 0. The first-order valence-corrected chi connectivity index (χ1v) is 6.72. The maximum absolute atomic E-state index is 14.2. The summed E-state index contributed by atoms with van der Waals surface area (Å²) >= 11 is 0. The Balaban J connectivity index is 2.67. The van der Waals surface area contributed by atoms with E-state index in [1.54, 1.807) is 6.07 Å². The van der Waals surface area contributed by atoms with Gasteiger partial charge in [-0.2, -0.15) is 0 Å². The Morgan fingerprint density at radius 2 is 2.10 bits per heavy atom. The number of aromatic nitrogens is 1.